The van der Waals surface area contributed by atoms with Gasteiger partial charge in [0.1, 0.15) is 11.6 Å². The van der Waals surface area contributed by atoms with Crippen molar-refractivity contribution >= 4 is 17.4 Å². The minimum absolute atomic E-state index is 0.0946. The van der Waals surface area contributed by atoms with E-state index in [-0.39, 0.29) is 5.02 Å². The van der Waals surface area contributed by atoms with Gasteiger partial charge in [-0.2, -0.15) is 5.10 Å². The fourth-order valence-corrected chi connectivity index (χ4v) is 2.25. The Bertz CT molecular complexity index is 605. The van der Waals surface area contributed by atoms with Crippen LogP contribution in [-0.4, -0.2) is 9.78 Å². The summed E-state index contributed by atoms with van der Waals surface area (Å²) < 4.78 is 14.9. The number of rotatable bonds is 3. The Morgan fingerprint density at radius 2 is 2.11 bits per heavy atom. The van der Waals surface area contributed by atoms with E-state index >= 15 is 0 Å². The van der Waals surface area contributed by atoms with E-state index in [4.69, 9.17) is 17.3 Å². The van der Waals surface area contributed by atoms with E-state index in [2.05, 4.69) is 18.9 Å². The number of nitrogens with two attached hydrogens (primary N) is 1. The van der Waals surface area contributed by atoms with Crippen LogP contribution >= 0.6 is 11.6 Å². The second-order valence-corrected chi connectivity index (χ2v) is 5.47. The van der Waals surface area contributed by atoms with E-state index in [0.29, 0.717) is 11.7 Å². The van der Waals surface area contributed by atoms with Crippen molar-refractivity contribution in [3.8, 4) is 11.3 Å². The fraction of sp³-hybridized carbons (Fsp3) is 0.357. The summed E-state index contributed by atoms with van der Waals surface area (Å²) in [6.45, 7) is 4.24. The number of aromatic nitrogens is 2. The Morgan fingerprint density at radius 1 is 1.42 bits per heavy atom. The molecule has 19 heavy (non-hydrogen) atoms. The van der Waals surface area contributed by atoms with Crippen molar-refractivity contribution in [1.82, 2.24) is 9.78 Å². The van der Waals surface area contributed by atoms with Crippen molar-refractivity contribution in [3.63, 3.8) is 0 Å². The predicted octanol–water partition coefficient (Wildman–Crippen LogP) is 3.66. The van der Waals surface area contributed by atoms with E-state index < -0.39 is 5.82 Å². The second kappa shape index (κ2) is 5.21. The van der Waals surface area contributed by atoms with Gasteiger partial charge >= 0.3 is 0 Å². The normalized spacial score (nSPS) is 11.3. The molecule has 0 radical (unpaired) electrons. The van der Waals surface area contributed by atoms with Crippen LogP contribution in [0.25, 0.3) is 11.3 Å². The molecule has 0 aliphatic rings. The second-order valence-electron chi connectivity index (χ2n) is 5.06. The SMILES string of the molecule is CC(C)Cc1c(-c2ccc(F)c(Cl)c2)nn(C)c1N. The molecular formula is C14H17ClFN3. The molecule has 0 bridgehead atoms. The highest BCUT2D eigenvalue weighted by Gasteiger charge is 2.17. The Hall–Kier alpha value is -1.55. The summed E-state index contributed by atoms with van der Waals surface area (Å²) in [7, 11) is 1.80. The first-order valence-corrected chi connectivity index (χ1v) is 6.54. The molecule has 1 heterocycles. The Balaban J connectivity index is 2.54. The van der Waals surface area contributed by atoms with Crippen LogP contribution in [0.1, 0.15) is 19.4 Å². The maximum Gasteiger partial charge on any atom is 0.141 e. The molecule has 3 nitrogen and oxygen atoms in total. The highest BCUT2D eigenvalue weighted by molar-refractivity contribution is 6.31. The monoisotopic (exact) mass is 281 g/mol. The molecule has 1 aromatic heterocycles. The van der Waals surface area contributed by atoms with Crippen molar-refractivity contribution in [2.24, 2.45) is 13.0 Å². The summed E-state index contributed by atoms with van der Waals surface area (Å²) >= 11 is 5.83. The number of nitrogen functional groups attached to an aromatic ring is 1. The maximum atomic E-state index is 13.2. The number of halogens is 2. The first-order chi connectivity index (χ1) is 8.90. The number of benzene rings is 1. The molecule has 0 unspecified atom stereocenters. The van der Waals surface area contributed by atoms with Crippen molar-refractivity contribution in [1.29, 1.82) is 0 Å². The van der Waals surface area contributed by atoms with Gasteiger partial charge in [0.2, 0.25) is 0 Å². The number of aryl methyl sites for hydroxylation is 1. The van der Waals surface area contributed by atoms with E-state index in [1.807, 2.05) is 0 Å². The Morgan fingerprint density at radius 3 is 2.68 bits per heavy atom. The van der Waals surface area contributed by atoms with Gasteiger partial charge in [-0.05, 0) is 30.5 Å². The van der Waals surface area contributed by atoms with Crippen LogP contribution in [0, 0.1) is 11.7 Å². The zero-order valence-corrected chi connectivity index (χ0v) is 12.0. The standard InChI is InChI=1S/C14H17ClFN3/c1-8(2)6-10-13(18-19(3)14(10)17)9-4-5-12(16)11(15)7-9/h4-5,7-8H,6,17H2,1-3H3. The summed E-state index contributed by atoms with van der Waals surface area (Å²) in [6, 6.07) is 4.61. The van der Waals surface area contributed by atoms with Crippen LogP contribution in [-0.2, 0) is 13.5 Å². The van der Waals surface area contributed by atoms with Crippen molar-refractivity contribution in [2.45, 2.75) is 20.3 Å². The van der Waals surface area contributed by atoms with E-state index in [1.165, 1.54) is 6.07 Å². The molecule has 102 valence electrons. The molecule has 0 aliphatic carbocycles. The molecule has 0 saturated carbocycles. The van der Waals surface area contributed by atoms with Gasteiger partial charge in [0.25, 0.3) is 0 Å². The lowest BCUT2D eigenvalue weighted by Crippen LogP contribution is -2.02. The van der Waals surface area contributed by atoms with Gasteiger partial charge in [-0.3, -0.25) is 4.68 Å². The van der Waals surface area contributed by atoms with Gasteiger partial charge in [0.05, 0.1) is 10.7 Å². The third-order valence-electron chi connectivity index (χ3n) is 3.00. The highest BCUT2D eigenvalue weighted by Crippen LogP contribution is 2.31. The summed E-state index contributed by atoms with van der Waals surface area (Å²) in [5.74, 6) is 0.671. The topological polar surface area (TPSA) is 43.8 Å². The fourth-order valence-electron chi connectivity index (χ4n) is 2.07. The summed E-state index contributed by atoms with van der Waals surface area (Å²) in [6.07, 6.45) is 0.823. The van der Waals surface area contributed by atoms with Crippen LogP contribution in [0.15, 0.2) is 18.2 Å². The third-order valence-corrected chi connectivity index (χ3v) is 3.29. The van der Waals surface area contributed by atoms with Gasteiger partial charge in [-0.1, -0.05) is 25.4 Å². The van der Waals surface area contributed by atoms with E-state index in [1.54, 1.807) is 23.9 Å². The minimum atomic E-state index is -0.431. The van der Waals surface area contributed by atoms with Crippen molar-refractivity contribution < 1.29 is 4.39 Å². The van der Waals surface area contributed by atoms with Crippen LogP contribution in [0.4, 0.5) is 10.2 Å². The smallest absolute Gasteiger partial charge is 0.141 e. The molecule has 0 saturated heterocycles. The first-order valence-electron chi connectivity index (χ1n) is 6.17. The molecule has 2 aromatic rings. The Labute approximate surface area is 117 Å². The highest BCUT2D eigenvalue weighted by atomic mass is 35.5. The molecule has 2 rings (SSSR count). The molecule has 0 aliphatic heterocycles. The zero-order valence-electron chi connectivity index (χ0n) is 11.2. The van der Waals surface area contributed by atoms with Crippen molar-refractivity contribution in [2.75, 3.05) is 5.73 Å². The molecular weight excluding hydrogens is 265 g/mol. The number of hydrogen-bond acceptors (Lipinski definition) is 2. The van der Waals surface area contributed by atoms with Crippen molar-refractivity contribution in [3.05, 3.63) is 34.6 Å². The number of anilines is 1. The predicted molar refractivity (Wildman–Crippen MR) is 76.6 cm³/mol. The lowest BCUT2D eigenvalue weighted by molar-refractivity contribution is 0.628. The first kappa shape index (κ1) is 13.9. The molecule has 0 atom stereocenters. The average Bonchev–Trinajstić information content (AvgIpc) is 2.60. The third kappa shape index (κ3) is 2.73. The molecule has 0 spiro atoms. The zero-order chi connectivity index (χ0) is 14.2. The molecule has 5 heteroatoms. The minimum Gasteiger partial charge on any atom is -0.384 e. The number of nitrogens with zero attached hydrogens (tertiary/aromatic N) is 2. The maximum absolute atomic E-state index is 13.2. The summed E-state index contributed by atoms with van der Waals surface area (Å²) in [5, 5.41) is 4.51. The van der Waals surface area contributed by atoms with E-state index in [0.717, 1.165) is 23.2 Å². The van der Waals surface area contributed by atoms with Gasteiger partial charge in [0.15, 0.2) is 0 Å². The molecule has 0 fully saturated rings. The van der Waals surface area contributed by atoms with Gasteiger partial charge < -0.3 is 5.73 Å². The van der Waals surface area contributed by atoms with Crippen LogP contribution in [0.2, 0.25) is 5.02 Å². The molecule has 2 N–H and O–H groups in total. The quantitative estimate of drug-likeness (QED) is 0.933. The van der Waals surface area contributed by atoms with Gasteiger partial charge in [0, 0.05) is 18.2 Å². The van der Waals surface area contributed by atoms with Gasteiger partial charge in [-0.15, -0.1) is 0 Å². The largest absolute Gasteiger partial charge is 0.384 e. The van der Waals surface area contributed by atoms with Crippen LogP contribution < -0.4 is 5.73 Å². The average molecular weight is 282 g/mol. The Kier molecular flexibility index (Phi) is 3.80. The van der Waals surface area contributed by atoms with E-state index in [9.17, 15) is 4.39 Å². The summed E-state index contributed by atoms with van der Waals surface area (Å²) in [5.41, 5.74) is 8.60. The van der Waals surface area contributed by atoms with Crippen LogP contribution in [0.3, 0.4) is 0 Å². The summed E-state index contributed by atoms with van der Waals surface area (Å²) in [4.78, 5) is 0. The molecule has 0 amide bonds. The lowest BCUT2D eigenvalue weighted by Gasteiger charge is -2.07. The number of hydrogen-bond donors (Lipinski definition) is 1. The lowest BCUT2D eigenvalue weighted by atomic mass is 9.99. The molecule has 1 aromatic carbocycles. The van der Waals surface area contributed by atoms with Gasteiger partial charge in [-0.25, -0.2) is 4.39 Å². The van der Waals surface area contributed by atoms with Crippen LogP contribution in [0.5, 0.6) is 0 Å².